The molecule has 1 amide bonds. The molecule has 0 fully saturated rings. The van der Waals surface area contributed by atoms with Gasteiger partial charge in [-0.05, 0) is 67.9 Å². The average Bonchev–Trinajstić information content (AvgIpc) is 3.08. The van der Waals surface area contributed by atoms with Gasteiger partial charge < -0.3 is 5.32 Å². The zero-order valence-electron chi connectivity index (χ0n) is 14.5. The van der Waals surface area contributed by atoms with E-state index in [2.05, 4.69) is 10.4 Å². The second-order valence-electron chi connectivity index (χ2n) is 6.09. The molecule has 6 heteroatoms. The van der Waals surface area contributed by atoms with Crippen LogP contribution >= 0.6 is 0 Å². The van der Waals surface area contributed by atoms with Crippen LogP contribution in [0.4, 0.5) is 8.78 Å². The van der Waals surface area contributed by atoms with Crippen molar-refractivity contribution in [3.8, 4) is 16.9 Å². The van der Waals surface area contributed by atoms with Gasteiger partial charge in [0.05, 0.1) is 11.4 Å². The van der Waals surface area contributed by atoms with Crippen molar-refractivity contribution in [2.24, 2.45) is 0 Å². The van der Waals surface area contributed by atoms with Crippen LogP contribution in [0.5, 0.6) is 0 Å². The molecule has 3 aromatic rings. The van der Waals surface area contributed by atoms with Gasteiger partial charge in [-0.15, -0.1) is 0 Å². The summed E-state index contributed by atoms with van der Waals surface area (Å²) in [5.74, 6) is -0.990. The average molecular weight is 355 g/mol. The minimum absolute atomic E-state index is 0.00772. The summed E-state index contributed by atoms with van der Waals surface area (Å²) in [6.07, 6.45) is 0.793. The molecule has 0 spiro atoms. The van der Waals surface area contributed by atoms with Crippen LogP contribution in [0.25, 0.3) is 16.9 Å². The molecule has 0 saturated carbocycles. The molecular formula is C20H19F2N3O. The lowest BCUT2D eigenvalue weighted by Gasteiger charge is -2.12. The summed E-state index contributed by atoms with van der Waals surface area (Å²) in [5.41, 5.74) is 2.11. The molecule has 1 N–H and O–H groups in total. The van der Waals surface area contributed by atoms with Crippen LogP contribution in [0.2, 0.25) is 0 Å². The number of aromatic nitrogens is 2. The third-order valence-corrected chi connectivity index (χ3v) is 4.14. The Labute approximate surface area is 150 Å². The highest BCUT2D eigenvalue weighted by molar-refractivity contribution is 5.94. The Hall–Kier alpha value is -3.02. The van der Waals surface area contributed by atoms with Gasteiger partial charge in [0.25, 0.3) is 5.91 Å². The van der Waals surface area contributed by atoms with Crippen LogP contribution in [0.15, 0.2) is 54.6 Å². The van der Waals surface area contributed by atoms with Crippen LogP contribution < -0.4 is 5.32 Å². The fraction of sp³-hybridized carbons (Fsp3) is 0.200. The van der Waals surface area contributed by atoms with Gasteiger partial charge >= 0.3 is 0 Å². The zero-order valence-corrected chi connectivity index (χ0v) is 14.5. The Morgan fingerprint density at radius 1 is 1.08 bits per heavy atom. The maximum atomic E-state index is 13.2. The minimum atomic E-state index is -0.370. The number of halogens is 2. The van der Waals surface area contributed by atoms with Crippen molar-refractivity contribution < 1.29 is 13.6 Å². The summed E-state index contributed by atoms with van der Waals surface area (Å²) in [6, 6.07) is 13.3. The number of carbonyl (C=O) groups excluding carboxylic acids is 1. The van der Waals surface area contributed by atoms with Gasteiger partial charge in [0.1, 0.15) is 17.3 Å². The monoisotopic (exact) mass is 355 g/mol. The number of carbonyl (C=O) groups is 1. The first kappa shape index (κ1) is 17.8. The fourth-order valence-electron chi connectivity index (χ4n) is 2.48. The SMILES string of the molecule is CC[C@H](C)NC(=O)c1cc(-c2ccc(F)cc2)nn1-c1ccc(F)cc1. The van der Waals surface area contributed by atoms with E-state index in [1.807, 2.05) is 13.8 Å². The van der Waals surface area contributed by atoms with Gasteiger partial charge in [0.2, 0.25) is 0 Å². The lowest BCUT2D eigenvalue weighted by Crippen LogP contribution is -2.33. The van der Waals surface area contributed by atoms with Crippen LogP contribution in [0.1, 0.15) is 30.8 Å². The molecule has 134 valence electrons. The van der Waals surface area contributed by atoms with E-state index >= 15 is 0 Å². The van der Waals surface area contributed by atoms with Gasteiger partial charge in [0, 0.05) is 11.6 Å². The maximum Gasteiger partial charge on any atom is 0.270 e. The van der Waals surface area contributed by atoms with E-state index in [1.165, 1.54) is 28.9 Å². The second-order valence-corrected chi connectivity index (χ2v) is 6.09. The molecule has 0 radical (unpaired) electrons. The Kier molecular flexibility index (Phi) is 5.11. The van der Waals surface area contributed by atoms with E-state index in [-0.39, 0.29) is 23.6 Å². The molecule has 0 aliphatic heterocycles. The number of rotatable bonds is 5. The first-order valence-electron chi connectivity index (χ1n) is 8.40. The molecule has 1 aromatic heterocycles. The zero-order chi connectivity index (χ0) is 18.7. The van der Waals surface area contributed by atoms with E-state index in [0.717, 1.165) is 6.42 Å². The van der Waals surface area contributed by atoms with Crippen molar-refractivity contribution in [3.63, 3.8) is 0 Å². The van der Waals surface area contributed by atoms with E-state index in [0.29, 0.717) is 22.6 Å². The number of nitrogens with zero attached hydrogens (tertiary/aromatic N) is 2. The molecule has 0 aliphatic carbocycles. The summed E-state index contributed by atoms with van der Waals surface area (Å²) < 4.78 is 27.9. The smallest absolute Gasteiger partial charge is 0.270 e. The Bertz CT molecular complexity index is 902. The number of benzene rings is 2. The third kappa shape index (κ3) is 3.79. The minimum Gasteiger partial charge on any atom is -0.348 e. The molecule has 26 heavy (non-hydrogen) atoms. The first-order chi connectivity index (χ1) is 12.5. The molecule has 0 aliphatic rings. The van der Waals surface area contributed by atoms with Crippen molar-refractivity contribution in [2.75, 3.05) is 0 Å². The summed E-state index contributed by atoms with van der Waals surface area (Å²) >= 11 is 0. The van der Waals surface area contributed by atoms with Crippen molar-refractivity contribution in [2.45, 2.75) is 26.3 Å². The number of amides is 1. The van der Waals surface area contributed by atoms with E-state index < -0.39 is 0 Å². The van der Waals surface area contributed by atoms with Gasteiger partial charge in [-0.1, -0.05) is 6.92 Å². The summed E-state index contributed by atoms with van der Waals surface area (Å²) in [6.45, 7) is 3.89. The lowest BCUT2D eigenvalue weighted by atomic mass is 10.1. The molecule has 3 rings (SSSR count). The highest BCUT2D eigenvalue weighted by Crippen LogP contribution is 2.22. The largest absolute Gasteiger partial charge is 0.348 e. The number of hydrogen-bond acceptors (Lipinski definition) is 2. The van der Waals surface area contributed by atoms with Gasteiger partial charge in [-0.2, -0.15) is 5.10 Å². The van der Waals surface area contributed by atoms with E-state index in [4.69, 9.17) is 0 Å². The highest BCUT2D eigenvalue weighted by Gasteiger charge is 2.19. The van der Waals surface area contributed by atoms with E-state index in [9.17, 15) is 13.6 Å². The molecule has 0 bridgehead atoms. The molecule has 0 saturated heterocycles. The van der Waals surface area contributed by atoms with Crippen LogP contribution in [0.3, 0.4) is 0 Å². The Morgan fingerprint density at radius 2 is 1.65 bits per heavy atom. The molecule has 0 unspecified atom stereocenters. The lowest BCUT2D eigenvalue weighted by molar-refractivity contribution is 0.0931. The quantitative estimate of drug-likeness (QED) is 0.740. The predicted octanol–water partition coefficient (Wildman–Crippen LogP) is 4.35. The predicted molar refractivity (Wildman–Crippen MR) is 96.1 cm³/mol. The molecule has 4 nitrogen and oxygen atoms in total. The maximum absolute atomic E-state index is 13.2. The van der Waals surface area contributed by atoms with Crippen molar-refractivity contribution in [1.29, 1.82) is 0 Å². The standard InChI is InChI=1S/C20H19F2N3O/c1-3-13(2)23-20(26)19-12-18(14-4-6-15(21)7-5-14)24-25(19)17-10-8-16(22)9-11-17/h4-13H,3H2,1-2H3,(H,23,26)/t13-/m0/s1. The third-order valence-electron chi connectivity index (χ3n) is 4.14. The summed E-state index contributed by atoms with van der Waals surface area (Å²) in [7, 11) is 0. The van der Waals surface area contributed by atoms with Gasteiger partial charge in [-0.3, -0.25) is 4.79 Å². The number of hydrogen-bond donors (Lipinski definition) is 1. The van der Waals surface area contributed by atoms with E-state index in [1.54, 1.807) is 30.3 Å². The Morgan fingerprint density at radius 3 is 2.23 bits per heavy atom. The van der Waals surface area contributed by atoms with Crippen LogP contribution in [0, 0.1) is 11.6 Å². The van der Waals surface area contributed by atoms with Crippen LogP contribution in [-0.2, 0) is 0 Å². The van der Waals surface area contributed by atoms with Crippen molar-refractivity contribution in [1.82, 2.24) is 15.1 Å². The normalized spacial score (nSPS) is 12.0. The number of nitrogens with one attached hydrogen (secondary N) is 1. The van der Waals surface area contributed by atoms with Crippen molar-refractivity contribution >= 4 is 5.91 Å². The van der Waals surface area contributed by atoms with Crippen molar-refractivity contribution in [3.05, 3.63) is 71.9 Å². The van der Waals surface area contributed by atoms with Crippen LogP contribution in [-0.4, -0.2) is 21.7 Å². The van der Waals surface area contributed by atoms with Gasteiger partial charge in [-0.25, -0.2) is 13.5 Å². The molecule has 1 heterocycles. The summed E-state index contributed by atoms with van der Waals surface area (Å²) in [5, 5.41) is 7.38. The molecule has 2 aromatic carbocycles. The Balaban J connectivity index is 2.06. The highest BCUT2D eigenvalue weighted by atomic mass is 19.1. The van der Waals surface area contributed by atoms with Gasteiger partial charge in [0.15, 0.2) is 0 Å². The topological polar surface area (TPSA) is 46.9 Å². The molecular weight excluding hydrogens is 336 g/mol. The fourth-order valence-corrected chi connectivity index (χ4v) is 2.48. The molecule has 1 atom stereocenters. The second kappa shape index (κ2) is 7.47. The first-order valence-corrected chi connectivity index (χ1v) is 8.40. The summed E-state index contributed by atoms with van der Waals surface area (Å²) in [4.78, 5) is 12.7.